The normalized spacial score (nSPS) is 12.1. The fraction of sp³-hybridized carbons (Fsp3) is 0.417. The van der Waals surface area contributed by atoms with Crippen LogP contribution >= 0.6 is 0 Å². The van der Waals surface area contributed by atoms with Crippen molar-refractivity contribution in [2.75, 3.05) is 18.1 Å². The van der Waals surface area contributed by atoms with Crippen LogP contribution in [0.5, 0.6) is 5.75 Å². The first kappa shape index (κ1) is 16.3. The predicted octanol–water partition coefficient (Wildman–Crippen LogP) is -0.169. The molecule has 0 aliphatic heterocycles. The number of carbonyl (C=O) groups is 1. The Kier molecular flexibility index (Phi) is 4.96. The number of para-hydroxylation sites is 2. The zero-order valence-electron chi connectivity index (χ0n) is 11.4. The standard InChI is InChI=1S/C12H19N3O4S/c1-12(2,11(14)16)15-20(17,18)8-7-19-10-6-4-3-5-9(10)13/h3-6,15H,7-8,13H2,1-2H3,(H2,14,16). The van der Waals surface area contributed by atoms with Gasteiger partial charge in [0.15, 0.2) is 0 Å². The van der Waals surface area contributed by atoms with Gasteiger partial charge in [-0.1, -0.05) is 12.1 Å². The minimum absolute atomic E-state index is 0.0849. The van der Waals surface area contributed by atoms with E-state index in [1.54, 1.807) is 24.3 Å². The predicted molar refractivity (Wildman–Crippen MR) is 76.5 cm³/mol. The largest absolute Gasteiger partial charge is 0.490 e. The topological polar surface area (TPSA) is 125 Å². The van der Waals surface area contributed by atoms with Crippen LogP contribution in [0.1, 0.15) is 13.8 Å². The molecule has 0 heterocycles. The van der Waals surface area contributed by atoms with Gasteiger partial charge in [0.1, 0.15) is 17.9 Å². The second-order valence-corrected chi connectivity index (χ2v) is 6.64. The molecule has 0 saturated heterocycles. The second-order valence-electron chi connectivity index (χ2n) is 4.80. The number of nitrogen functional groups attached to an aromatic ring is 1. The molecule has 7 nitrogen and oxygen atoms in total. The monoisotopic (exact) mass is 301 g/mol. The average molecular weight is 301 g/mol. The van der Waals surface area contributed by atoms with E-state index < -0.39 is 21.5 Å². The number of ether oxygens (including phenoxy) is 1. The van der Waals surface area contributed by atoms with E-state index in [-0.39, 0.29) is 12.4 Å². The molecule has 0 aliphatic carbocycles. The van der Waals surface area contributed by atoms with Gasteiger partial charge in [-0.2, -0.15) is 0 Å². The Labute approximate surface area is 118 Å². The van der Waals surface area contributed by atoms with Crippen molar-refractivity contribution in [3.63, 3.8) is 0 Å². The van der Waals surface area contributed by atoms with Crippen molar-refractivity contribution in [3.05, 3.63) is 24.3 Å². The summed E-state index contributed by atoms with van der Waals surface area (Å²) in [4.78, 5) is 11.1. The van der Waals surface area contributed by atoms with Gasteiger partial charge in [0.2, 0.25) is 15.9 Å². The molecule has 0 saturated carbocycles. The molecule has 5 N–H and O–H groups in total. The number of rotatable bonds is 7. The highest BCUT2D eigenvalue weighted by Crippen LogP contribution is 2.19. The minimum atomic E-state index is -3.68. The second kappa shape index (κ2) is 6.10. The summed E-state index contributed by atoms with van der Waals surface area (Å²) in [5, 5.41) is 0. The van der Waals surface area contributed by atoms with E-state index in [2.05, 4.69) is 4.72 Å². The number of nitrogens with one attached hydrogen (secondary N) is 1. The molecular weight excluding hydrogens is 282 g/mol. The quantitative estimate of drug-likeness (QED) is 0.603. The third kappa shape index (κ3) is 4.71. The lowest BCUT2D eigenvalue weighted by Gasteiger charge is -2.22. The third-order valence-corrected chi connectivity index (χ3v) is 4.08. The van der Waals surface area contributed by atoms with E-state index >= 15 is 0 Å². The number of benzene rings is 1. The summed E-state index contributed by atoms with van der Waals surface area (Å²) in [7, 11) is -3.68. The Morgan fingerprint density at radius 3 is 2.50 bits per heavy atom. The summed E-state index contributed by atoms with van der Waals surface area (Å²) in [6.07, 6.45) is 0. The van der Waals surface area contributed by atoms with Crippen LogP contribution in [0.4, 0.5) is 5.69 Å². The van der Waals surface area contributed by atoms with Crippen LogP contribution in [0.15, 0.2) is 24.3 Å². The summed E-state index contributed by atoms with van der Waals surface area (Å²) in [6.45, 7) is 2.70. The number of amides is 1. The number of sulfonamides is 1. The van der Waals surface area contributed by atoms with E-state index in [0.717, 1.165) is 0 Å². The van der Waals surface area contributed by atoms with Crippen LogP contribution in [0, 0.1) is 0 Å². The van der Waals surface area contributed by atoms with Crippen molar-refractivity contribution < 1.29 is 17.9 Å². The molecule has 1 aromatic carbocycles. The molecular formula is C12H19N3O4S. The summed E-state index contributed by atoms with van der Waals surface area (Å²) >= 11 is 0. The molecule has 0 spiro atoms. The molecule has 8 heteroatoms. The van der Waals surface area contributed by atoms with Gasteiger partial charge >= 0.3 is 0 Å². The average Bonchev–Trinajstić information content (AvgIpc) is 2.30. The Bertz CT molecular complexity index is 584. The van der Waals surface area contributed by atoms with Crippen molar-refractivity contribution >= 4 is 21.6 Å². The van der Waals surface area contributed by atoms with Gasteiger partial charge in [0, 0.05) is 0 Å². The van der Waals surface area contributed by atoms with E-state index in [0.29, 0.717) is 11.4 Å². The summed E-state index contributed by atoms with van der Waals surface area (Å²) in [6, 6.07) is 6.77. The Morgan fingerprint density at radius 2 is 1.95 bits per heavy atom. The maximum atomic E-state index is 11.8. The Morgan fingerprint density at radius 1 is 1.35 bits per heavy atom. The zero-order chi connectivity index (χ0) is 15.4. The molecule has 20 heavy (non-hydrogen) atoms. The van der Waals surface area contributed by atoms with Crippen molar-refractivity contribution in [3.8, 4) is 5.75 Å². The molecule has 1 rings (SSSR count). The lowest BCUT2D eigenvalue weighted by Crippen LogP contribution is -2.53. The van der Waals surface area contributed by atoms with Crippen molar-refractivity contribution in [1.29, 1.82) is 0 Å². The molecule has 0 unspecified atom stereocenters. The summed E-state index contributed by atoms with van der Waals surface area (Å²) in [5.41, 5.74) is 9.85. The molecule has 1 aromatic rings. The van der Waals surface area contributed by atoms with E-state index in [1.165, 1.54) is 13.8 Å². The van der Waals surface area contributed by atoms with Gasteiger partial charge in [-0.15, -0.1) is 0 Å². The van der Waals surface area contributed by atoms with Gasteiger partial charge in [0.25, 0.3) is 0 Å². The van der Waals surface area contributed by atoms with Crippen molar-refractivity contribution in [1.82, 2.24) is 4.72 Å². The van der Waals surface area contributed by atoms with Gasteiger partial charge < -0.3 is 16.2 Å². The molecule has 112 valence electrons. The van der Waals surface area contributed by atoms with Gasteiger partial charge in [-0.05, 0) is 26.0 Å². The zero-order valence-corrected chi connectivity index (χ0v) is 12.2. The minimum Gasteiger partial charge on any atom is -0.490 e. The first-order valence-corrected chi connectivity index (χ1v) is 7.58. The molecule has 0 fully saturated rings. The fourth-order valence-corrected chi connectivity index (χ4v) is 2.65. The summed E-state index contributed by atoms with van der Waals surface area (Å²) in [5.74, 6) is -0.649. The maximum Gasteiger partial charge on any atom is 0.238 e. The fourth-order valence-electron chi connectivity index (χ4n) is 1.36. The number of primary amides is 1. The smallest absolute Gasteiger partial charge is 0.238 e. The van der Waals surface area contributed by atoms with Crippen LogP contribution in [0.3, 0.4) is 0 Å². The van der Waals surface area contributed by atoms with Gasteiger partial charge in [0.05, 0.1) is 11.4 Å². The highest BCUT2D eigenvalue weighted by Gasteiger charge is 2.30. The lowest BCUT2D eigenvalue weighted by atomic mass is 10.1. The molecule has 0 aliphatic rings. The molecule has 0 radical (unpaired) electrons. The van der Waals surface area contributed by atoms with Gasteiger partial charge in [-0.25, -0.2) is 13.1 Å². The van der Waals surface area contributed by atoms with Crippen molar-refractivity contribution in [2.24, 2.45) is 5.73 Å². The van der Waals surface area contributed by atoms with Crippen molar-refractivity contribution in [2.45, 2.75) is 19.4 Å². The lowest BCUT2D eigenvalue weighted by molar-refractivity contribution is -0.122. The van der Waals surface area contributed by atoms with E-state index in [9.17, 15) is 13.2 Å². The molecule has 0 atom stereocenters. The van der Waals surface area contributed by atoms with E-state index in [4.69, 9.17) is 16.2 Å². The first-order chi connectivity index (χ1) is 9.14. The number of anilines is 1. The third-order valence-electron chi connectivity index (χ3n) is 2.56. The maximum absolute atomic E-state index is 11.8. The Hall–Kier alpha value is -1.80. The van der Waals surface area contributed by atoms with Crippen LogP contribution < -0.4 is 20.9 Å². The molecule has 0 bridgehead atoms. The van der Waals surface area contributed by atoms with Crippen LogP contribution in [0.25, 0.3) is 0 Å². The highest BCUT2D eigenvalue weighted by molar-refractivity contribution is 7.89. The van der Waals surface area contributed by atoms with Crippen LogP contribution in [0.2, 0.25) is 0 Å². The van der Waals surface area contributed by atoms with Gasteiger partial charge in [-0.3, -0.25) is 4.79 Å². The molecule has 0 aromatic heterocycles. The number of hydrogen-bond acceptors (Lipinski definition) is 5. The van der Waals surface area contributed by atoms with Crippen LogP contribution in [-0.4, -0.2) is 32.2 Å². The highest BCUT2D eigenvalue weighted by atomic mass is 32.2. The number of hydrogen-bond donors (Lipinski definition) is 3. The molecule has 1 amide bonds. The first-order valence-electron chi connectivity index (χ1n) is 5.93. The number of nitrogens with two attached hydrogens (primary N) is 2. The Balaban J connectivity index is 2.57. The SMILES string of the molecule is CC(C)(NS(=O)(=O)CCOc1ccccc1N)C(N)=O. The number of carbonyl (C=O) groups excluding carboxylic acids is 1. The van der Waals surface area contributed by atoms with Crippen LogP contribution in [-0.2, 0) is 14.8 Å². The summed E-state index contributed by atoms with van der Waals surface area (Å²) < 4.78 is 31.1. The van der Waals surface area contributed by atoms with E-state index in [1.807, 2.05) is 0 Å².